The van der Waals surface area contributed by atoms with Gasteiger partial charge in [-0.1, -0.05) is 91.5 Å². The van der Waals surface area contributed by atoms with Gasteiger partial charge in [-0.15, -0.1) is 0 Å². The molecule has 0 fully saturated rings. The summed E-state index contributed by atoms with van der Waals surface area (Å²) in [5, 5.41) is 2.28. The molecule has 4 aromatic carbocycles. The predicted octanol–water partition coefficient (Wildman–Crippen LogP) is 8.73. The molecule has 6 aromatic rings. The van der Waals surface area contributed by atoms with E-state index >= 15 is 0 Å². The lowest BCUT2D eigenvalue weighted by Gasteiger charge is -2.39. The molecule has 39 heavy (non-hydrogen) atoms. The molecule has 0 spiro atoms. The second kappa shape index (κ2) is 9.70. The number of hydrogen-bond donors (Lipinski definition) is 0. The molecule has 1 aliphatic carbocycles. The second-order valence-electron chi connectivity index (χ2n) is 9.93. The molecule has 1 aliphatic rings. The highest BCUT2D eigenvalue weighted by Crippen LogP contribution is 2.51. The van der Waals surface area contributed by atoms with E-state index in [1.165, 1.54) is 5.57 Å². The first kappa shape index (κ1) is 23.1. The molecule has 0 aliphatic heterocycles. The third-order valence-corrected chi connectivity index (χ3v) is 7.57. The third kappa shape index (κ3) is 4.18. The summed E-state index contributed by atoms with van der Waals surface area (Å²) in [5.41, 5.74) is 9.75. The molecule has 0 saturated carbocycles. The van der Waals surface area contributed by atoms with E-state index < -0.39 is 0 Å². The largest absolute Gasteiger partial charge is 0.337 e. The average Bonchev–Trinajstić information content (AvgIpc) is 3.00. The third-order valence-electron chi connectivity index (χ3n) is 7.57. The van der Waals surface area contributed by atoms with Gasteiger partial charge in [0.05, 0.1) is 28.3 Å². The Kier molecular flexibility index (Phi) is 5.75. The first-order valence-corrected chi connectivity index (χ1v) is 13.3. The highest BCUT2D eigenvalue weighted by atomic mass is 15.1. The van der Waals surface area contributed by atoms with E-state index in [1.54, 1.807) is 0 Å². The summed E-state index contributed by atoms with van der Waals surface area (Å²) in [7, 11) is 0. The first-order valence-electron chi connectivity index (χ1n) is 13.3. The Balaban J connectivity index is 1.39. The number of hydrogen-bond acceptors (Lipinski definition) is 3. The molecule has 3 heteroatoms. The Labute approximate surface area is 228 Å². The number of benzene rings is 4. The maximum atomic E-state index is 5.09. The number of nitrogens with zero attached hydrogens (tertiary/aromatic N) is 3. The molecule has 0 bridgehead atoms. The molecule has 1 atom stereocenters. The maximum absolute atomic E-state index is 5.09. The summed E-state index contributed by atoms with van der Waals surface area (Å²) < 4.78 is 0. The van der Waals surface area contributed by atoms with Crippen LogP contribution >= 0.6 is 0 Å². The Morgan fingerprint density at radius 2 is 1.10 bits per heavy atom. The minimum absolute atomic E-state index is 0.0211. The number of para-hydroxylation sites is 4. The van der Waals surface area contributed by atoms with Crippen LogP contribution in [0.5, 0.6) is 0 Å². The van der Waals surface area contributed by atoms with Crippen molar-refractivity contribution in [3.05, 3.63) is 163 Å². The van der Waals surface area contributed by atoms with Gasteiger partial charge < -0.3 is 4.90 Å². The molecule has 0 amide bonds. The van der Waals surface area contributed by atoms with E-state index in [-0.39, 0.29) is 5.92 Å². The molecule has 7 rings (SSSR count). The van der Waals surface area contributed by atoms with Crippen molar-refractivity contribution in [2.75, 3.05) is 11.4 Å². The van der Waals surface area contributed by atoms with E-state index in [4.69, 9.17) is 9.97 Å². The van der Waals surface area contributed by atoms with Gasteiger partial charge in [-0.2, -0.15) is 0 Å². The van der Waals surface area contributed by atoms with E-state index in [1.807, 2.05) is 12.1 Å². The normalized spacial score (nSPS) is 15.0. The van der Waals surface area contributed by atoms with Crippen LogP contribution in [0.2, 0.25) is 0 Å². The van der Waals surface area contributed by atoms with Gasteiger partial charge in [-0.05, 0) is 59.7 Å². The van der Waals surface area contributed by atoms with E-state index in [0.717, 1.165) is 55.7 Å². The lowest BCUT2D eigenvalue weighted by molar-refractivity contribution is 0.815. The predicted molar refractivity (Wildman–Crippen MR) is 162 cm³/mol. The van der Waals surface area contributed by atoms with E-state index in [2.05, 4.69) is 133 Å². The fraction of sp³-hybridized carbons (Fsp3) is 0.0556. The van der Waals surface area contributed by atoms with Crippen molar-refractivity contribution in [1.29, 1.82) is 0 Å². The van der Waals surface area contributed by atoms with Crippen molar-refractivity contribution in [3.8, 4) is 0 Å². The standard InChI is InChI=1S/C36H27N3/c1-25-35(33-22-20-26-12-8-10-18-31(26)37-33)30(36(25)34-23-21-27-13-9-11-19-32(27)38-34)24-39(28-14-4-2-5-15-28)29-16-6-3-7-17-29/h2-23,35H,1,24H2. The van der Waals surface area contributed by atoms with Crippen LogP contribution in [0.3, 0.4) is 0 Å². The Morgan fingerprint density at radius 1 is 0.564 bits per heavy atom. The molecule has 0 saturated heterocycles. The monoisotopic (exact) mass is 501 g/mol. The summed E-state index contributed by atoms with van der Waals surface area (Å²) in [5.74, 6) is 0.0211. The number of allylic oxidation sites excluding steroid dienone is 2. The van der Waals surface area contributed by atoms with Gasteiger partial charge in [-0.25, -0.2) is 4.98 Å². The number of anilines is 2. The fourth-order valence-corrected chi connectivity index (χ4v) is 5.65. The number of rotatable bonds is 6. The lowest BCUT2D eigenvalue weighted by Crippen LogP contribution is -2.30. The van der Waals surface area contributed by atoms with Gasteiger partial charge in [0.2, 0.25) is 0 Å². The van der Waals surface area contributed by atoms with Gasteiger partial charge in [0.25, 0.3) is 0 Å². The van der Waals surface area contributed by atoms with E-state index in [9.17, 15) is 0 Å². The zero-order valence-electron chi connectivity index (χ0n) is 21.5. The zero-order chi connectivity index (χ0) is 26.2. The molecule has 3 nitrogen and oxygen atoms in total. The summed E-state index contributed by atoms with van der Waals surface area (Å²) >= 11 is 0. The van der Waals surface area contributed by atoms with Crippen molar-refractivity contribution < 1.29 is 0 Å². The van der Waals surface area contributed by atoms with Gasteiger partial charge >= 0.3 is 0 Å². The van der Waals surface area contributed by atoms with Crippen LogP contribution in [0, 0.1) is 0 Å². The smallest absolute Gasteiger partial charge is 0.0713 e. The molecule has 2 aromatic heterocycles. The maximum Gasteiger partial charge on any atom is 0.0713 e. The van der Waals surface area contributed by atoms with Crippen LogP contribution in [-0.2, 0) is 0 Å². The van der Waals surface area contributed by atoms with Crippen LogP contribution in [0.4, 0.5) is 11.4 Å². The quantitative estimate of drug-likeness (QED) is 0.228. The number of pyridine rings is 2. The van der Waals surface area contributed by atoms with Crippen LogP contribution in [-0.4, -0.2) is 16.5 Å². The van der Waals surface area contributed by atoms with Crippen molar-refractivity contribution in [3.63, 3.8) is 0 Å². The summed E-state index contributed by atoms with van der Waals surface area (Å²) in [4.78, 5) is 12.5. The van der Waals surface area contributed by atoms with Crippen LogP contribution in [0.15, 0.2) is 151 Å². The number of fused-ring (bicyclic) bond motifs is 2. The zero-order valence-corrected chi connectivity index (χ0v) is 21.5. The van der Waals surface area contributed by atoms with Crippen LogP contribution in [0.1, 0.15) is 17.3 Å². The van der Waals surface area contributed by atoms with Gasteiger partial charge in [-0.3, -0.25) is 4.98 Å². The van der Waals surface area contributed by atoms with Gasteiger partial charge in [0, 0.05) is 34.3 Å². The van der Waals surface area contributed by atoms with E-state index in [0.29, 0.717) is 6.54 Å². The van der Waals surface area contributed by atoms with Crippen LogP contribution < -0.4 is 4.90 Å². The highest BCUT2D eigenvalue weighted by molar-refractivity contribution is 5.94. The SMILES string of the molecule is C=C1C(c2ccc3ccccc3n2)=C(CN(c2ccccc2)c2ccccc2)C1c1ccc2ccccc2n1. The number of aromatic nitrogens is 2. The molecule has 0 N–H and O–H groups in total. The molecule has 186 valence electrons. The van der Waals surface area contributed by atoms with Crippen molar-refractivity contribution >= 4 is 38.8 Å². The molecule has 0 radical (unpaired) electrons. The Morgan fingerprint density at radius 3 is 1.74 bits per heavy atom. The first-order chi connectivity index (χ1) is 19.3. The Hall–Kier alpha value is -5.02. The summed E-state index contributed by atoms with van der Waals surface area (Å²) in [6.07, 6.45) is 0. The molecular weight excluding hydrogens is 474 g/mol. The minimum Gasteiger partial charge on any atom is -0.337 e. The molecule has 1 unspecified atom stereocenters. The summed E-state index contributed by atoms with van der Waals surface area (Å²) in [6.45, 7) is 5.29. The lowest BCUT2D eigenvalue weighted by atomic mass is 9.69. The average molecular weight is 502 g/mol. The van der Waals surface area contributed by atoms with Crippen molar-refractivity contribution in [2.45, 2.75) is 5.92 Å². The summed E-state index contributed by atoms with van der Waals surface area (Å²) in [6, 6.07) is 46.3. The molecule has 2 heterocycles. The Bertz CT molecular complexity index is 1820. The van der Waals surface area contributed by atoms with Gasteiger partial charge in [0.1, 0.15) is 0 Å². The van der Waals surface area contributed by atoms with Crippen molar-refractivity contribution in [1.82, 2.24) is 9.97 Å². The van der Waals surface area contributed by atoms with Crippen LogP contribution in [0.25, 0.3) is 27.4 Å². The minimum atomic E-state index is 0.0211. The second-order valence-corrected chi connectivity index (χ2v) is 9.93. The highest BCUT2D eigenvalue weighted by Gasteiger charge is 2.38. The fourth-order valence-electron chi connectivity index (χ4n) is 5.65. The van der Waals surface area contributed by atoms with Crippen molar-refractivity contribution in [2.24, 2.45) is 0 Å². The topological polar surface area (TPSA) is 29.0 Å². The van der Waals surface area contributed by atoms with Gasteiger partial charge in [0.15, 0.2) is 0 Å². The molecular formula is C36H27N3.